The van der Waals surface area contributed by atoms with E-state index in [0.717, 1.165) is 87.6 Å². The summed E-state index contributed by atoms with van der Waals surface area (Å²) in [5.74, 6) is 0.901. The van der Waals surface area contributed by atoms with Gasteiger partial charge in [-0.2, -0.15) is 0 Å². The van der Waals surface area contributed by atoms with Gasteiger partial charge in [-0.1, -0.05) is 33.1 Å². The molecule has 5 heteroatoms. The molecule has 30 heavy (non-hydrogen) atoms. The van der Waals surface area contributed by atoms with Gasteiger partial charge in [-0.15, -0.1) is 0 Å². The summed E-state index contributed by atoms with van der Waals surface area (Å²) in [4.78, 5) is 30.1. The van der Waals surface area contributed by atoms with Crippen LogP contribution in [0.2, 0.25) is 0 Å². The second-order valence-corrected chi connectivity index (χ2v) is 9.11. The van der Waals surface area contributed by atoms with Crippen molar-refractivity contribution in [2.24, 2.45) is 5.92 Å². The minimum Gasteiger partial charge on any atom is -0.371 e. The van der Waals surface area contributed by atoms with Gasteiger partial charge in [-0.3, -0.25) is 9.59 Å². The van der Waals surface area contributed by atoms with E-state index in [2.05, 4.69) is 24.1 Å². The molecule has 0 spiro atoms. The van der Waals surface area contributed by atoms with Crippen LogP contribution in [0.25, 0.3) is 0 Å². The van der Waals surface area contributed by atoms with Crippen molar-refractivity contribution in [3.8, 4) is 0 Å². The molecule has 0 radical (unpaired) electrons. The van der Waals surface area contributed by atoms with Crippen LogP contribution in [0.15, 0.2) is 18.2 Å². The fraction of sp³-hybridized carbons (Fsp3) is 0.680. The number of benzene rings is 1. The SMILES string of the molecule is CCCCCCC(=O)Nc1ccc(N2CCC(C)CC2)c(C(=O)N2CCCCC2)c1. The van der Waals surface area contributed by atoms with E-state index in [1.807, 2.05) is 23.1 Å². The lowest BCUT2D eigenvalue weighted by Gasteiger charge is -2.35. The minimum absolute atomic E-state index is 0.0435. The Morgan fingerprint density at radius 3 is 2.43 bits per heavy atom. The number of rotatable bonds is 8. The van der Waals surface area contributed by atoms with Crippen molar-refractivity contribution in [3.63, 3.8) is 0 Å². The average molecular weight is 414 g/mol. The van der Waals surface area contributed by atoms with Gasteiger partial charge in [0.1, 0.15) is 0 Å². The molecule has 2 aliphatic heterocycles. The number of hydrogen-bond acceptors (Lipinski definition) is 3. The number of carbonyl (C=O) groups is 2. The Kier molecular flexibility index (Phi) is 8.59. The van der Waals surface area contributed by atoms with Crippen LogP contribution in [-0.2, 0) is 4.79 Å². The van der Waals surface area contributed by atoms with E-state index in [9.17, 15) is 9.59 Å². The molecule has 1 aromatic carbocycles. The third-order valence-corrected chi connectivity index (χ3v) is 6.54. The van der Waals surface area contributed by atoms with Gasteiger partial charge in [0.05, 0.1) is 5.56 Å². The van der Waals surface area contributed by atoms with Gasteiger partial charge in [0.15, 0.2) is 0 Å². The second kappa shape index (κ2) is 11.4. The Labute approximate surface area is 182 Å². The van der Waals surface area contributed by atoms with Crippen LogP contribution in [0.5, 0.6) is 0 Å². The Morgan fingerprint density at radius 1 is 1.00 bits per heavy atom. The Balaban J connectivity index is 1.75. The van der Waals surface area contributed by atoms with Gasteiger partial charge in [0.25, 0.3) is 5.91 Å². The van der Waals surface area contributed by atoms with Crippen LogP contribution in [-0.4, -0.2) is 42.9 Å². The maximum Gasteiger partial charge on any atom is 0.256 e. The largest absolute Gasteiger partial charge is 0.371 e. The van der Waals surface area contributed by atoms with Gasteiger partial charge in [-0.05, 0) is 62.6 Å². The fourth-order valence-electron chi connectivity index (χ4n) is 4.51. The zero-order chi connectivity index (χ0) is 21.3. The molecular formula is C25H39N3O2. The highest BCUT2D eigenvalue weighted by atomic mass is 16.2. The first-order valence-electron chi connectivity index (χ1n) is 12.1. The van der Waals surface area contributed by atoms with E-state index in [4.69, 9.17) is 0 Å². The van der Waals surface area contributed by atoms with E-state index >= 15 is 0 Å². The molecule has 1 N–H and O–H groups in total. The lowest BCUT2D eigenvalue weighted by molar-refractivity contribution is -0.116. The molecule has 5 nitrogen and oxygen atoms in total. The van der Waals surface area contributed by atoms with Crippen molar-refractivity contribution >= 4 is 23.2 Å². The van der Waals surface area contributed by atoms with Crippen molar-refractivity contribution < 1.29 is 9.59 Å². The predicted octanol–water partition coefficient (Wildman–Crippen LogP) is 5.46. The third kappa shape index (κ3) is 6.23. The lowest BCUT2D eigenvalue weighted by Crippen LogP contribution is -2.38. The van der Waals surface area contributed by atoms with Gasteiger partial charge < -0.3 is 15.1 Å². The summed E-state index contributed by atoms with van der Waals surface area (Å²) >= 11 is 0. The maximum absolute atomic E-state index is 13.4. The highest BCUT2D eigenvalue weighted by Crippen LogP contribution is 2.30. The number of nitrogens with one attached hydrogen (secondary N) is 1. The highest BCUT2D eigenvalue weighted by molar-refractivity contribution is 6.02. The molecule has 1 aromatic rings. The number of amides is 2. The summed E-state index contributed by atoms with van der Waals surface area (Å²) in [7, 11) is 0. The normalized spacial score (nSPS) is 17.8. The van der Waals surface area contributed by atoms with Crippen LogP contribution >= 0.6 is 0 Å². The van der Waals surface area contributed by atoms with Crippen molar-refractivity contribution in [2.75, 3.05) is 36.4 Å². The highest BCUT2D eigenvalue weighted by Gasteiger charge is 2.25. The monoisotopic (exact) mass is 413 g/mol. The Bertz CT molecular complexity index is 704. The Morgan fingerprint density at radius 2 is 1.73 bits per heavy atom. The molecule has 2 saturated heterocycles. The van der Waals surface area contributed by atoms with Gasteiger partial charge >= 0.3 is 0 Å². The summed E-state index contributed by atoms with van der Waals surface area (Å²) in [5.41, 5.74) is 2.51. The summed E-state index contributed by atoms with van der Waals surface area (Å²) in [6, 6.07) is 5.92. The second-order valence-electron chi connectivity index (χ2n) is 9.11. The molecule has 0 aliphatic carbocycles. The fourth-order valence-corrected chi connectivity index (χ4v) is 4.51. The predicted molar refractivity (Wildman–Crippen MR) is 124 cm³/mol. The molecule has 2 aliphatic rings. The van der Waals surface area contributed by atoms with E-state index in [0.29, 0.717) is 6.42 Å². The van der Waals surface area contributed by atoms with Crippen molar-refractivity contribution in [2.45, 2.75) is 78.1 Å². The average Bonchev–Trinajstić information content (AvgIpc) is 2.77. The number of unbranched alkanes of at least 4 members (excludes halogenated alkanes) is 3. The zero-order valence-corrected chi connectivity index (χ0v) is 18.9. The standard InChI is InChI=1S/C25H39N3O2/c1-3-4-5-7-10-24(29)26-21-11-12-23(27-17-13-20(2)14-18-27)22(19-21)25(30)28-15-8-6-9-16-28/h11-12,19-20H,3-10,13-18H2,1-2H3,(H,26,29). The molecular weight excluding hydrogens is 374 g/mol. The lowest BCUT2D eigenvalue weighted by atomic mass is 9.97. The van der Waals surface area contributed by atoms with E-state index < -0.39 is 0 Å². The molecule has 2 fully saturated rings. The molecule has 0 unspecified atom stereocenters. The Hall–Kier alpha value is -2.04. The summed E-state index contributed by atoms with van der Waals surface area (Å²) < 4.78 is 0. The van der Waals surface area contributed by atoms with Gasteiger partial charge in [0, 0.05) is 44.0 Å². The summed E-state index contributed by atoms with van der Waals surface area (Å²) in [6.07, 6.45) is 10.6. The van der Waals surface area contributed by atoms with E-state index in [1.54, 1.807) is 0 Å². The zero-order valence-electron chi connectivity index (χ0n) is 18.9. The molecule has 2 amide bonds. The topological polar surface area (TPSA) is 52.7 Å². The smallest absolute Gasteiger partial charge is 0.256 e. The number of likely N-dealkylation sites (tertiary alicyclic amines) is 1. The van der Waals surface area contributed by atoms with Gasteiger partial charge in [0.2, 0.25) is 5.91 Å². The van der Waals surface area contributed by atoms with Crippen molar-refractivity contribution in [1.82, 2.24) is 4.90 Å². The van der Waals surface area contributed by atoms with E-state index in [1.165, 1.54) is 19.3 Å². The maximum atomic E-state index is 13.4. The van der Waals surface area contributed by atoms with Crippen molar-refractivity contribution in [3.05, 3.63) is 23.8 Å². The van der Waals surface area contributed by atoms with Crippen LogP contribution in [0.4, 0.5) is 11.4 Å². The first-order valence-corrected chi connectivity index (χ1v) is 12.1. The number of hydrogen-bond donors (Lipinski definition) is 1. The van der Waals surface area contributed by atoms with Gasteiger partial charge in [-0.25, -0.2) is 0 Å². The summed E-state index contributed by atoms with van der Waals surface area (Å²) in [5, 5.41) is 3.03. The number of piperidine rings is 2. The van der Waals surface area contributed by atoms with Crippen molar-refractivity contribution in [1.29, 1.82) is 0 Å². The molecule has 0 saturated carbocycles. The molecule has 2 heterocycles. The first kappa shape index (κ1) is 22.6. The van der Waals surface area contributed by atoms with Crippen LogP contribution in [0.3, 0.4) is 0 Å². The van der Waals surface area contributed by atoms with E-state index in [-0.39, 0.29) is 11.8 Å². The van der Waals surface area contributed by atoms with Crippen LogP contribution < -0.4 is 10.2 Å². The molecule has 0 atom stereocenters. The minimum atomic E-state index is 0.0435. The molecule has 0 aromatic heterocycles. The van der Waals surface area contributed by atoms with Crippen LogP contribution in [0.1, 0.15) is 88.4 Å². The molecule has 166 valence electrons. The number of nitrogens with zero attached hydrogens (tertiary/aromatic N) is 2. The number of carbonyl (C=O) groups excluding carboxylic acids is 2. The number of anilines is 2. The molecule has 0 bridgehead atoms. The summed E-state index contributed by atoms with van der Waals surface area (Å²) in [6.45, 7) is 8.13. The molecule has 3 rings (SSSR count). The third-order valence-electron chi connectivity index (χ3n) is 6.54. The quantitative estimate of drug-likeness (QED) is 0.576. The van der Waals surface area contributed by atoms with Crippen LogP contribution in [0, 0.1) is 5.92 Å². The first-order chi connectivity index (χ1) is 14.6.